The topological polar surface area (TPSA) is 143 Å². The minimum atomic E-state index is -1.60. The van der Waals surface area contributed by atoms with Gasteiger partial charge in [-0.25, -0.2) is 4.79 Å². The average Bonchev–Trinajstić information content (AvgIpc) is 3.50. The van der Waals surface area contributed by atoms with Crippen molar-refractivity contribution in [1.82, 2.24) is 5.06 Å². The lowest BCUT2D eigenvalue weighted by atomic mass is 9.77. The number of hydroxylamine groups is 2. The van der Waals surface area contributed by atoms with Crippen LogP contribution in [0.15, 0.2) is 30.3 Å². The number of benzene rings is 1. The van der Waals surface area contributed by atoms with E-state index in [4.69, 9.17) is 19.0 Å². The molecule has 1 aliphatic heterocycles. The number of hydrogen-bond acceptors (Lipinski definition) is 10. The molecule has 0 spiro atoms. The summed E-state index contributed by atoms with van der Waals surface area (Å²) in [7, 11) is 0. The average molecular weight is 772 g/mol. The van der Waals surface area contributed by atoms with Crippen LogP contribution in [0.3, 0.4) is 0 Å². The molecule has 0 aliphatic carbocycles. The summed E-state index contributed by atoms with van der Waals surface area (Å²) in [5.41, 5.74) is -0.624. The number of ether oxygens (including phenoxy) is 3. The summed E-state index contributed by atoms with van der Waals surface area (Å²) in [6.45, 7) is 5.04. The number of rotatable bonds is 33. The predicted molar refractivity (Wildman–Crippen MR) is 210 cm³/mol. The number of carbonyl (C=O) groups excluding carboxylic acids is 6. The Morgan fingerprint density at radius 3 is 1.47 bits per heavy atom. The molecule has 55 heavy (non-hydrogen) atoms. The van der Waals surface area contributed by atoms with E-state index < -0.39 is 29.2 Å². The Morgan fingerprint density at radius 2 is 0.982 bits per heavy atom. The molecule has 1 aliphatic rings. The zero-order valence-corrected chi connectivity index (χ0v) is 33.9. The third kappa shape index (κ3) is 20.1. The molecule has 1 unspecified atom stereocenters. The van der Waals surface area contributed by atoms with Gasteiger partial charge in [0, 0.05) is 25.7 Å². The summed E-state index contributed by atoms with van der Waals surface area (Å²) >= 11 is 0. The number of carbonyl (C=O) groups is 6. The van der Waals surface area contributed by atoms with Crippen LogP contribution in [-0.2, 0) is 54.4 Å². The van der Waals surface area contributed by atoms with Gasteiger partial charge in [0.2, 0.25) is 0 Å². The number of esters is 3. The molecule has 2 rings (SSSR count). The lowest BCUT2D eigenvalue weighted by Gasteiger charge is -2.30. The Morgan fingerprint density at radius 1 is 0.545 bits per heavy atom. The van der Waals surface area contributed by atoms with Crippen LogP contribution in [0.25, 0.3) is 0 Å². The van der Waals surface area contributed by atoms with Gasteiger partial charge in [-0.3, -0.25) is 24.0 Å². The molecule has 1 saturated heterocycles. The molecule has 1 aromatic rings. The third-order valence-electron chi connectivity index (χ3n) is 10.2. The first kappa shape index (κ1) is 47.4. The van der Waals surface area contributed by atoms with Crippen molar-refractivity contribution < 1.29 is 47.8 Å². The van der Waals surface area contributed by atoms with Crippen molar-refractivity contribution in [1.29, 1.82) is 0 Å². The quantitative estimate of drug-likeness (QED) is 0.0223. The van der Waals surface area contributed by atoms with Crippen molar-refractivity contribution in [3.63, 3.8) is 0 Å². The van der Waals surface area contributed by atoms with E-state index in [-0.39, 0.29) is 44.2 Å². The second-order valence-electron chi connectivity index (χ2n) is 14.9. The lowest BCUT2D eigenvalue weighted by Crippen LogP contribution is -2.46. The summed E-state index contributed by atoms with van der Waals surface area (Å²) in [6, 6.07) is 9.64. The molecular formula is C44H69NO10. The second-order valence-corrected chi connectivity index (χ2v) is 14.9. The van der Waals surface area contributed by atoms with E-state index in [0.29, 0.717) is 50.4 Å². The predicted octanol–water partition coefficient (Wildman–Crippen LogP) is 9.81. The van der Waals surface area contributed by atoms with Crippen molar-refractivity contribution in [3.05, 3.63) is 35.9 Å². The minimum Gasteiger partial charge on any atom is -0.466 e. The first-order chi connectivity index (χ1) is 26.7. The van der Waals surface area contributed by atoms with Crippen molar-refractivity contribution >= 4 is 35.7 Å². The summed E-state index contributed by atoms with van der Waals surface area (Å²) in [5.74, 6) is -2.98. The lowest BCUT2D eigenvalue weighted by molar-refractivity contribution is -0.209. The van der Waals surface area contributed by atoms with E-state index in [1.165, 1.54) is 0 Å². The smallest absolute Gasteiger partial charge is 0.350 e. The molecule has 2 amide bonds. The Hall–Kier alpha value is -3.76. The van der Waals surface area contributed by atoms with Gasteiger partial charge < -0.3 is 19.0 Å². The van der Waals surface area contributed by atoms with Gasteiger partial charge in [0.15, 0.2) is 5.41 Å². The molecular weight excluding hydrogens is 702 g/mol. The van der Waals surface area contributed by atoms with Crippen LogP contribution in [0.4, 0.5) is 0 Å². The molecule has 0 bridgehead atoms. The standard InChI is InChI=1S/C44H69NO10/c1-3-5-34-52-40(48)28-22-15-11-7-9-13-17-24-32-44(42(50)53-35-6-4-2,43(51)55-45-38(46)30-31-39(45)47)33-25-18-14-10-8-12-16-23-29-41(49)54-36-37-26-20-19-21-27-37/h19-21,26-27H,3-18,22-25,28-36H2,1-2H3. The number of unbranched alkanes of at least 4 members (excludes halogenated alkanes) is 16. The van der Waals surface area contributed by atoms with Crippen LogP contribution in [0, 0.1) is 5.41 Å². The van der Waals surface area contributed by atoms with Gasteiger partial charge in [-0.1, -0.05) is 147 Å². The Bertz CT molecular complexity index is 1250. The summed E-state index contributed by atoms with van der Waals surface area (Å²) in [6.07, 6.45) is 19.0. The summed E-state index contributed by atoms with van der Waals surface area (Å²) in [4.78, 5) is 81.6. The molecule has 0 saturated carbocycles. The molecule has 11 heteroatoms. The molecule has 1 atom stereocenters. The third-order valence-corrected chi connectivity index (χ3v) is 10.2. The summed E-state index contributed by atoms with van der Waals surface area (Å²) < 4.78 is 16.2. The van der Waals surface area contributed by atoms with Crippen LogP contribution in [0.1, 0.15) is 186 Å². The fourth-order valence-corrected chi connectivity index (χ4v) is 6.62. The van der Waals surface area contributed by atoms with Gasteiger partial charge in [0.25, 0.3) is 11.8 Å². The van der Waals surface area contributed by atoms with Gasteiger partial charge >= 0.3 is 23.9 Å². The fraction of sp³-hybridized carbons (Fsp3) is 0.727. The van der Waals surface area contributed by atoms with Crippen LogP contribution in [-0.4, -0.2) is 54.0 Å². The van der Waals surface area contributed by atoms with E-state index in [2.05, 4.69) is 6.92 Å². The highest BCUT2D eigenvalue weighted by Gasteiger charge is 2.50. The highest BCUT2D eigenvalue weighted by Crippen LogP contribution is 2.36. The monoisotopic (exact) mass is 771 g/mol. The van der Waals surface area contributed by atoms with E-state index in [1.54, 1.807) is 0 Å². The van der Waals surface area contributed by atoms with Crippen molar-refractivity contribution in [3.8, 4) is 0 Å². The number of imide groups is 1. The normalized spacial score (nSPS) is 13.7. The molecule has 310 valence electrons. The highest BCUT2D eigenvalue weighted by atomic mass is 16.7. The van der Waals surface area contributed by atoms with Crippen LogP contribution in [0.2, 0.25) is 0 Å². The molecule has 1 aromatic carbocycles. The van der Waals surface area contributed by atoms with Gasteiger partial charge in [-0.05, 0) is 44.1 Å². The largest absolute Gasteiger partial charge is 0.466 e. The van der Waals surface area contributed by atoms with E-state index in [1.807, 2.05) is 37.3 Å². The first-order valence-electron chi connectivity index (χ1n) is 21.3. The van der Waals surface area contributed by atoms with Crippen molar-refractivity contribution in [2.45, 2.75) is 187 Å². The molecule has 0 radical (unpaired) electrons. The van der Waals surface area contributed by atoms with E-state index in [0.717, 1.165) is 115 Å². The van der Waals surface area contributed by atoms with E-state index in [9.17, 15) is 28.8 Å². The maximum Gasteiger partial charge on any atom is 0.350 e. The van der Waals surface area contributed by atoms with Gasteiger partial charge in [-0.15, -0.1) is 5.06 Å². The Labute approximate surface area is 329 Å². The molecule has 11 nitrogen and oxygen atoms in total. The van der Waals surface area contributed by atoms with Gasteiger partial charge in [-0.2, -0.15) is 0 Å². The maximum absolute atomic E-state index is 13.9. The number of nitrogens with zero attached hydrogens (tertiary/aromatic N) is 1. The zero-order valence-electron chi connectivity index (χ0n) is 33.9. The fourth-order valence-electron chi connectivity index (χ4n) is 6.62. The first-order valence-corrected chi connectivity index (χ1v) is 21.3. The van der Waals surface area contributed by atoms with Gasteiger partial charge in [0.1, 0.15) is 6.61 Å². The van der Waals surface area contributed by atoms with Crippen LogP contribution >= 0.6 is 0 Å². The molecule has 0 N–H and O–H groups in total. The molecule has 1 fully saturated rings. The second kappa shape index (κ2) is 29.5. The number of hydrogen-bond donors (Lipinski definition) is 0. The minimum absolute atomic E-state index is 0.0263. The van der Waals surface area contributed by atoms with Crippen LogP contribution < -0.4 is 0 Å². The Balaban J connectivity index is 1.82. The van der Waals surface area contributed by atoms with E-state index >= 15 is 0 Å². The summed E-state index contributed by atoms with van der Waals surface area (Å²) in [5, 5.41) is 0.532. The van der Waals surface area contributed by atoms with Crippen molar-refractivity contribution in [2.24, 2.45) is 5.41 Å². The van der Waals surface area contributed by atoms with Crippen molar-refractivity contribution in [2.75, 3.05) is 13.2 Å². The molecule has 1 heterocycles. The highest BCUT2D eigenvalue weighted by molar-refractivity contribution is 6.04. The number of amides is 2. The molecule has 0 aromatic heterocycles. The van der Waals surface area contributed by atoms with Crippen LogP contribution in [0.5, 0.6) is 0 Å². The van der Waals surface area contributed by atoms with Gasteiger partial charge in [0.05, 0.1) is 13.2 Å². The Kier molecular flexibility index (Phi) is 25.4. The SMILES string of the molecule is CCCCOC(=O)CCCCCCCCCCC(CCCCCCCCCCC(=O)OCc1ccccc1)(C(=O)OCCCC)C(=O)ON1C(=O)CCC1=O. The zero-order chi connectivity index (χ0) is 40.0. The maximum atomic E-state index is 13.9.